The molecule has 2 aromatic rings. The van der Waals surface area contributed by atoms with Crippen molar-refractivity contribution in [2.24, 2.45) is 0 Å². The number of hydrogen-bond donors (Lipinski definition) is 1. The molecular weight excluding hydrogens is 254 g/mol. The molecule has 0 radical (unpaired) electrons. The Balaban J connectivity index is 1.69. The van der Waals surface area contributed by atoms with Crippen LogP contribution in [-0.4, -0.2) is 46.1 Å². The average molecular weight is 271 g/mol. The molecule has 0 aromatic carbocycles. The summed E-state index contributed by atoms with van der Waals surface area (Å²) in [6.07, 6.45) is 3.53. The lowest BCUT2D eigenvalue weighted by molar-refractivity contribution is 0.634. The number of nitrogens with zero attached hydrogens (tertiary/aromatic N) is 6. The molecule has 0 unspecified atom stereocenters. The summed E-state index contributed by atoms with van der Waals surface area (Å²) in [5, 5.41) is 0. The zero-order valence-corrected chi connectivity index (χ0v) is 11.4. The molecule has 2 N–H and O–H groups in total. The number of rotatable bonds is 2. The minimum atomic E-state index is 0.328. The predicted octanol–water partition coefficient (Wildman–Crippen LogP) is 0.484. The fourth-order valence-corrected chi connectivity index (χ4v) is 2.33. The maximum atomic E-state index is 5.71. The van der Waals surface area contributed by atoms with Crippen LogP contribution in [0.5, 0.6) is 0 Å². The van der Waals surface area contributed by atoms with Crippen LogP contribution in [0, 0.1) is 6.92 Å². The topological polar surface area (TPSA) is 84.1 Å². The van der Waals surface area contributed by atoms with Crippen molar-refractivity contribution >= 4 is 17.7 Å². The van der Waals surface area contributed by atoms with Gasteiger partial charge in [0.1, 0.15) is 5.82 Å². The van der Waals surface area contributed by atoms with Gasteiger partial charge in [-0.05, 0) is 13.0 Å². The second-order valence-corrected chi connectivity index (χ2v) is 4.75. The van der Waals surface area contributed by atoms with E-state index < -0.39 is 0 Å². The summed E-state index contributed by atoms with van der Waals surface area (Å²) >= 11 is 0. The molecule has 7 nitrogen and oxygen atoms in total. The summed E-state index contributed by atoms with van der Waals surface area (Å²) in [4.78, 5) is 21.3. The van der Waals surface area contributed by atoms with Crippen LogP contribution in [0.2, 0.25) is 0 Å². The molecule has 0 bridgehead atoms. The van der Waals surface area contributed by atoms with Crippen LogP contribution in [0.25, 0.3) is 0 Å². The Morgan fingerprint density at radius 2 is 1.65 bits per heavy atom. The first-order chi connectivity index (χ1) is 9.72. The molecule has 1 aliphatic heterocycles. The fourth-order valence-electron chi connectivity index (χ4n) is 2.33. The van der Waals surface area contributed by atoms with E-state index in [1.807, 2.05) is 19.1 Å². The minimum absolute atomic E-state index is 0.328. The van der Waals surface area contributed by atoms with E-state index in [9.17, 15) is 0 Å². The van der Waals surface area contributed by atoms with Crippen LogP contribution >= 0.6 is 0 Å². The van der Waals surface area contributed by atoms with Crippen molar-refractivity contribution in [2.75, 3.05) is 41.7 Å². The van der Waals surface area contributed by atoms with Crippen LogP contribution in [-0.2, 0) is 0 Å². The van der Waals surface area contributed by atoms with Gasteiger partial charge in [0.25, 0.3) is 0 Å². The van der Waals surface area contributed by atoms with Gasteiger partial charge in [0, 0.05) is 50.3 Å². The molecule has 0 saturated carbocycles. The SMILES string of the molecule is Cc1cc(N2CCN(c3ncccn3)CC2)nc(N)n1. The summed E-state index contributed by atoms with van der Waals surface area (Å²) in [6.45, 7) is 5.40. The number of anilines is 3. The Morgan fingerprint density at radius 3 is 2.30 bits per heavy atom. The number of piperazine rings is 1. The Bertz CT molecular complexity index is 558. The second-order valence-electron chi connectivity index (χ2n) is 4.75. The standard InChI is InChI=1S/C13H17N7/c1-10-9-11(18-12(14)17-10)19-5-7-20(8-6-19)13-15-3-2-4-16-13/h2-4,9H,5-8H2,1H3,(H2,14,17,18). The number of aromatic nitrogens is 4. The second kappa shape index (κ2) is 5.28. The molecule has 0 aliphatic carbocycles. The van der Waals surface area contributed by atoms with E-state index in [1.165, 1.54) is 0 Å². The Kier molecular flexibility index (Phi) is 3.32. The van der Waals surface area contributed by atoms with Gasteiger partial charge in [-0.1, -0.05) is 0 Å². The molecule has 20 heavy (non-hydrogen) atoms. The van der Waals surface area contributed by atoms with Crippen LogP contribution in [0.4, 0.5) is 17.7 Å². The third kappa shape index (κ3) is 2.61. The largest absolute Gasteiger partial charge is 0.368 e. The zero-order valence-electron chi connectivity index (χ0n) is 11.4. The Labute approximate surface area is 117 Å². The van der Waals surface area contributed by atoms with Crippen molar-refractivity contribution in [2.45, 2.75) is 6.92 Å². The smallest absolute Gasteiger partial charge is 0.225 e. The lowest BCUT2D eigenvalue weighted by Gasteiger charge is -2.35. The summed E-state index contributed by atoms with van der Waals surface area (Å²) in [6, 6.07) is 3.79. The van der Waals surface area contributed by atoms with Crippen molar-refractivity contribution < 1.29 is 0 Å². The number of hydrogen-bond acceptors (Lipinski definition) is 7. The normalized spacial score (nSPS) is 15.4. The van der Waals surface area contributed by atoms with Crippen molar-refractivity contribution in [1.82, 2.24) is 19.9 Å². The monoisotopic (exact) mass is 271 g/mol. The quantitative estimate of drug-likeness (QED) is 0.850. The zero-order chi connectivity index (χ0) is 13.9. The van der Waals surface area contributed by atoms with Crippen molar-refractivity contribution in [3.8, 4) is 0 Å². The highest BCUT2D eigenvalue weighted by Crippen LogP contribution is 2.17. The molecule has 3 heterocycles. The number of nitrogens with two attached hydrogens (primary N) is 1. The van der Waals surface area contributed by atoms with Gasteiger partial charge < -0.3 is 15.5 Å². The minimum Gasteiger partial charge on any atom is -0.368 e. The molecule has 2 aromatic heterocycles. The highest BCUT2D eigenvalue weighted by atomic mass is 15.3. The molecule has 0 spiro atoms. The van der Waals surface area contributed by atoms with Crippen LogP contribution in [0.1, 0.15) is 5.69 Å². The first-order valence-corrected chi connectivity index (χ1v) is 6.60. The average Bonchev–Trinajstić information content (AvgIpc) is 2.47. The van der Waals surface area contributed by atoms with Crippen LogP contribution < -0.4 is 15.5 Å². The van der Waals surface area contributed by atoms with E-state index in [0.29, 0.717) is 5.95 Å². The number of aryl methyl sites for hydroxylation is 1. The van der Waals surface area contributed by atoms with Gasteiger partial charge in [-0.15, -0.1) is 0 Å². The third-order valence-electron chi connectivity index (χ3n) is 3.30. The van der Waals surface area contributed by atoms with Gasteiger partial charge in [0.05, 0.1) is 0 Å². The molecule has 1 fully saturated rings. The summed E-state index contributed by atoms with van der Waals surface area (Å²) in [5.74, 6) is 2.00. The maximum Gasteiger partial charge on any atom is 0.225 e. The molecule has 1 aliphatic rings. The van der Waals surface area contributed by atoms with E-state index in [4.69, 9.17) is 5.73 Å². The highest BCUT2D eigenvalue weighted by molar-refractivity contribution is 5.45. The van der Waals surface area contributed by atoms with E-state index in [2.05, 4.69) is 29.7 Å². The summed E-state index contributed by atoms with van der Waals surface area (Å²) in [7, 11) is 0. The first-order valence-electron chi connectivity index (χ1n) is 6.60. The first kappa shape index (κ1) is 12.6. The van der Waals surface area contributed by atoms with Gasteiger partial charge in [-0.25, -0.2) is 15.0 Å². The third-order valence-corrected chi connectivity index (χ3v) is 3.30. The van der Waals surface area contributed by atoms with E-state index in [1.54, 1.807) is 12.4 Å². The van der Waals surface area contributed by atoms with Gasteiger partial charge in [-0.2, -0.15) is 4.98 Å². The van der Waals surface area contributed by atoms with Crippen LogP contribution in [0.3, 0.4) is 0 Å². The molecule has 0 atom stereocenters. The highest BCUT2D eigenvalue weighted by Gasteiger charge is 2.20. The van der Waals surface area contributed by atoms with E-state index >= 15 is 0 Å². The fraction of sp³-hybridized carbons (Fsp3) is 0.385. The lowest BCUT2D eigenvalue weighted by Crippen LogP contribution is -2.47. The van der Waals surface area contributed by atoms with Crippen LogP contribution in [0.15, 0.2) is 24.5 Å². The molecule has 1 saturated heterocycles. The van der Waals surface area contributed by atoms with Gasteiger partial charge >= 0.3 is 0 Å². The molecule has 7 heteroatoms. The maximum absolute atomic E-state index is 5.71. The molecule has 3 rings (SSSR count). The molecular formula is C13H17N7. The predicted molar refractivity (Wildman–Crippen MR) is 77.6 cm³/mol. The van der Waals surface area contributed by atoms with E-state index in [0.717, 1.165) is 43.6 Å². The van der Waals surface area contributed by atoms with Gasteiger partial charge in [0.15, 0.2) is 0 Å². The Hall–Kier alpha value is -2.44. The molecule has 0 amide bonds. The lowest BCUT2D eigenvalue weighted by atomic mass is 10.3. The molecule has 104 valence electrons. The van der Waals surface area contributed by atoms with Gasteiger partial charge in [0.2, 0.25) is 11.9 Å². The number of nitrogen functional groups attached to an aromatic ring is 1. The van der Waals surface area contributed by atoms with Crippen molar-refractivity contribution in [3.63, 3.8) is 0 Å². The van der Waals surface area contributed by atoms with E-state index in [-0.39, 0.29) is 0 Å². The van der Waals surface area contributed by atoms with Crippen molar-refractivity contribution in [1.29, 1.82) is 0 Å². The van der Waals surface area contributed by atoms with Gasteiger partial charge in [-0.3, -0.25) is 0 Å². The van der Waals surface area contributed by atoms with Crippen molar-refractivity contribution in [3.05, 3.63) is 30.2 Å². The Morgan fingerprint density at radius 1 is 1.00 bits per heavy atom. The summed E-state index contributed by atoms with van der Waals surface area (Å²) in [5.41, 5.74) is 6.60. The summed E-state index contributed by atoms with van der Waals surface area (Å²) < 4.78 is 0.